The molecular weight excluding hydrogens is 1420 g/mol. The standard InChI is InChI=1S/C28F57/c29-1(30)2(31,32)3(33,34)4(35,36)5(37,38)6(39,40)7(41,42)8(43,44)9(45,46)10(47,48)11(49,50)12(51,52)13(53,54)14(55,56)15(57,58)16(59,60)17(61,62)18(63,64)19(65,66)20(67,68)21(69,70)22(71,72)23(73,74)24(75,76)25(77,78)26(79,80)27(81,82)28(83,84)85. The van der Waals surface area contributed by atoms with Crippen LogP contribution in [-0.4, -0.2) is 160 Å². The van der Waals surface area contributed by atoms with Crippen molar-refractivity contribution in [2.75, 3.05) is 0 Å². The van der Waals surface area contributed by atoms with Crippen LogP contribution in [0.5, 0.6) is 0 Å². The molecule has 0 N–H and O–H groups in total. The second-order valence-corrected chi connectivity index (χ2v) is 15.7. The zero-order valence-electron chi connectivity index (χ0n) is 35.5. The zero-order valence-corrected chi connectivity index (χ0v) is 35.5. The molecule has 511 valence electrons. The maximum atomic E-state index is 14.2. The molecule has 0 saturated carbocycles. The predicted molar refractivity (Wildman–Crippen MR) is 140 cm³/mol. The van der Waals surface area contributed by atoms with Crippen LogP contribution < -0.4 is 0 Å². The van der Waals surface area contributed by atoms with Crippen molar-refractivity contribution < 1.29 is 250 Å². The normalized spacial score (nSPS) is 17.6. The first kappa shape index (κ1) is 81.0. The monoisotopic (exact) mass is 1420 g/mol. The van der Waals surface area contributed by atoms with E-state index in [-0.39, 0.29) is 0 Å². The number of halogens is 57. The van der Waals surface area contributed by atoms with Gasteiger partial charge in [0.25, 0.3) is 0 Å². The topological polar surface area (TPSA) is 0 Å². The van der Waals surface area contributed by atoms with Crippen LogP contribution in [0, 0.1) is 6.43 Å². The van der Waals surface area contributed by atoms with Crippen LogP contribution in [0.1, 0.15) is 0 Å². The molecule has 0 amide bonds. The first-order valence-corrected chi connectivity index (χ1v) is 17.5. The van der Waals surface area contributed by atoms with Gasteiger partial charge in [0, 0.05) is 0 Å². The Morgan fingerprint density at radius 3 is 0.247 bits per heavy atom. The summed E-state index contributed by atoms with van der Waals surface area (Å²) in [5.74, 6) is -274. The minimum Gasteiger partial charge on any atom is -0.192 e. The van der Waals surface area contributed by atoms with Gasteiger partial charge in [0.05, 0.1) is 0 Å². The van der Waals surface area contributed by atoms with Crippen molar-refractivity contribution in [1.29, 1.82) is 0 Å². The molecule has 0 saturated heterocycles. The van der Waals surface area contributed by atoms with Gasteiger partial charge < -0.3 is 0 Å². The Morgan fingerprint density at radius 1 is 0.106 bits per heavy atom. The highest BCUT2D eigenvalue weighted by atomic mass is 19.5. The Hall–Kier alpha value is -3.99. The third-order valence-electron chi connectivity index (χ3n) is 10.5. The van der Waals surface area contributed by atoms with Crippen LogP contribution in [0.4, 0.5) is 250 Å². The fourth-order valence-corrected chi connectivity index (χ4v) is 5.03. The highest BCUT2D eigenvalue weighted by Gasteiger charge is 3.05. The van der Waals surface area contributed by atoms with Crippen molar-refractivity contribution >= 4 is 0 Å². The summed E-state index contributed by atoms with van der Waals surface area (Å²) in [5, 5.41) is 0. The van der Waals surface area contributed by atoms with Crippen molar-refractivity contribution in [2.45, 2.75) is 160 Å². The molecule has 0 bridgehead atoms. The van der Waals surface area contributed by atoms with Gasteiger partial charge in [-0.05, 0) is 0 Å². The smallest absolute Gasteiger partial charge is 0.192 e. The maximum Gasteiger partial charge on any atom is 0.460 e. The molecule has 0 aliphatic heterocycles. The molecule has 0 fully saturated rings. The number of hydrogen-bond donors (Lipinski definition) is 0. The minimum absolute atomic E-state index is 5.83. The molecule has 57 heteroatoms. The van der Waals surface area contributed by atoms with Gasteiger partial charge in [0.2, 0.25) is 0 Å². The first-order chi connectivity index (χ1) is 35.4. The lowest BCUT2D eigenvalue weighted by Crippen LogP contribution is -2.81. The van der Waals surface area contributed by atoms with E-state index in [1.807, 2.05) is 0 Å². The van der Waals surface area contributed by atoms with Crippen LogP contribution in [-0.2, 0) is 0 Å². The van der Waals surface area contributed by atoms with Crippen molar-refractivity contribution in [3.8, 4) is 0 Å². The van der Waals surface area contributed by atoms with Crippen LogP contribution in [0.3, 0.4) is 0 Å². The fourth-order valence-electron chi connectivity index (χ4n) is 5.03. The predicted octanol–water partition coefficient (Wildman–Crippen LogP) is 18.5. The second-order valence-electron chi connectivity index (χ2n) is 15.7. The minimum atomic E-state index is -11.1. The quantitative estimate of drug-likeness (QED) is 0.0757. The van der Waals surface area contributed by atoms with Crippen molar-refractivity contribution in [1.82, 2.24) is 0 Å². The zero-order chi connectivity index (χ0) is 71.1. The van der Waals surface area contributed by atoms with E-state index in [4.69, 9.17) is 0 Å². The average molecular weight is 1420 g/mol. The molecule has 0 unspecified atom stereocenters. The lowest BCUT2D eigenvalue weighted by molar-refractivity contribution is -0.500. The molecule has 85 heavy (non-hydrogen) atoms. The van der Waals surface area contributed by atoms with Gasteiger partial charge in [-0.1, -0.05) is 0 Å². The summed E-state index contributed by atoms with van der Waals surface area (Å²) < 4.78 is 780. The Labute approximate surface area is 418 Å². The summed E-state index contributed by atoms with van der Waals surface area (Å²) in [5.41, 5.74) is 0. The molecule has 0 aromatic heterocycles. The summed E-state index contributed by atoms with van der Waals surface area (Å²) in [6, 6.07) is 0. The van der Waals surface area contributed by atoms with Gasteiger partial charge in [-0.15, -0.1) is 0 Å². The summed E-state index contributed by atoms with van der Waals surface area (Å²) >= 11 is 0. The number of alkyl halides is 55. The summed E-state index contributed by atoms with van der Waals surface area (Å²) in [6.45, 7) is 0. The summed E-state index contributed by atoms with van der Waals surface area (Å²) in [7, 11) is 0. The Balaban J connectivity index is 8.31. The van der Waals surface area contributed by atoms with E-state index in [1.54, 1.807) is 0 Å². The van der Waals surface area contributed by atoms with E-state index in [9.17, 15) is 250 Å². The van der Waals surface area contributed by atoms with Crippen LogP contribution in [0.25, 0.3) is 0 Å². The second kappa shape index (κ2) is 19.3. The maximum absolute atomic E-state index is 14.2. The fraction of sp³-hybridized carbons (Fsp3) is 0.964. The molecule has 0 aromatic rings. The van der Waals surface area contributed by atoms with E-state index >= 15 is 0 Å². The van der Waals surface area contributed by atoms with E-state index in [0.717, 1.165) is 0 Å². The van der Waals surface area contributed by atoms with Gasteiger partial charge in [-0.25, -0.2) is 0 Å². The van der Waals surface area contributed by atoms with Crippen LogP contribution in [0.2, 0.25) is 0 Å². The Kier molecular flexibility index (Phi) is 18.4. The molecular formula is C28F57. The molecule has 0 nitrogen and oxygen atoms in total. The molecule has 0 heterocycles. The lowest BCUT2D eigenvalue weighted by Gasteiger charge is -2.48. The molecule has 0 spiro atoms. The average Bonchev–Trinajstić information content (AvgIpc) is 3.26. The van der Waals surface area contributed by atoms with Crippen LogP contribution >= 0.6 is 0 Å². The third-order valence-corrected chi connectivity index (χ3v) is 10.5. The highest BCUT2D eigenvalue weighted by molar-refractivity contribution is 5.26. The molecule has 0 aromatic carbocycles. The number of hydrogen-bond acceptors (Lipinski definition) is 0. The summed E-state index contributed by atoms with van der Waals surface area (Å²) in [6.07, 6.45) is -14.5. The number of rotatable bonds is 26. The van der Waals surface area contributed by atoms with Gasteiger partial charge in [-0.2, -0.15) is 250 Å². The van der Waals surface area contributed by atoms with Gasteiger partial charge in [0.1, 0.15) is 0 Å². The van der Waals surface area contributed by atoms with Crippen molar-refractivity contribution in [3.05, 3.63) is 6.43 Å². The molecule has 0 atom stereocenters. The SMILES string of the molecule is F[C](F)C(F)(F)C(F)(F)C(F)(F)C(F)(F)C(F)(F)C(F)(F)C(F)(F)C(F)(F)C(F)(F)C(F)(F)C(F)(F)C(F)(F)C(F)(F)C(F)(F)C(F)(F)C(F)(F)C(F)(F)C(F)(F)C(F)(F)C(F)(F)C(F)(F)C(F)(F)C(F)(F)C(F)(F)C(F)(F)C(F)(F)C(F)(F)F. The van der Waals surface area contributed by atoms with Gasteiger partial charge in [0.15, 0.2) is 0 Å². The van der Waals surface area contributed by atoms with E-state index in [0.29, 0.717) is 0 Å². The van der Waals surface area contributed by atoms with Gasteiger partial charge in [-0.3, -0.25) is 0 Å². The molecule has 1 radical (unpaired) electrons. The van der Waals surface area contributed by atoms with Crippen molar-refractivity contribution in [3.63, 3.8) is 0 Å². The summed E-state index contributed by atoms with van der Waals surface area (Å²) in [4.78, 5) is 0. The molecule has 0 rings (SSSR count). The third kappa shape index (κ3) is 8.74. The van der Waals surface area contributed by atoms with Crippen molar-refractivity contribution in [2.24, 2.45) is 0 Å². The highest BCUT2D eigenvalue weighted by Crippen LogP contribution is 2.74. The Morgan fingerprint density at radius 2 is 0.176 bits per heavy atom. The van der Waals surface area contributed by atoms with Gasteiger partial charge >= 0.3 is 167 Å². The van der Waals surface area contributed by atoms with E-state index in [1.165, 1.54) is 0 Å². The lowest BCUT2D eigenvalue weighted by atomic mass is 9.81. The molecule has 0 aliphatic rings. The molecule has 0 aliphatic carbocycles. The largest absolute Gasteiger partial charge is 0.460 e. The van der Waals surface area contributed by atoms with Crippen LogP contribution in [0.15, 0.2) is 0 Å². The van der Waals surface area contributed by atoms with E-state index < -0.39 is 167 Å². The Bertz CT molecular complexity index is 2390. The first-order valence-electron chi connectivity index (χ1n) is 17.5. The van der Waals surface area contributed by atoms with E-state index in [2.05, 4.69) is 0 Å².